The van der Waals surface area contributed by atoms with Crippen molar-refractivity contribution in [3.8, 4) is 11.3 Å². The number of nitro benzene ring substituents is 1. The van der Waals surface area contributed by atoms with Gasteiger partial charge in [-0.15, -0.1) is 0 Å². The van der Waals surface area contributed by atoms with Gasteiger partial charge in [-0.05, 0) is 37.4 Å². The van der Waals surface area contributed by atoms with Gasteiger partial charge in [-0.2, -0.15) is 0 Å². The topological polar surface area (TPSA) is 102 Å². The van der Waals surface area contributed by atoms with Crippen LogP contribution in [0.3, 0.4) is 0 Å². The summed E-state index contributed by atoms with van der Waals surface area (Å²) in [6.07, 6.45) is 3.66. The Morgan fingerprint density at radius 3 is 2.84 bits per heavy atom. The van der Waals surface area contributed by atoms with E-state index in [1.807, 2.05) is 0 Å². The lowest BCUT2D eigenvalue weighted by Crippen LogP contribution is -2.47. The molecule has 2 saturated heterocycles. The van der Waals surface area contributed by atoms with E-state index in [2.05, 4.69) is 15.2 Å². The van der Waals surface area contributed by atoms with Crippen molar-refractivity contribution in [3.05, 3.63) is 46.5 Å². The molecule has 0 radical (unpaired) electrons. The number of hydrogen-bond acceptors (Lipinski definition) is 6. The molecule has 2 aromatic rings. The molecular formula is C17H18N4O4. The molecule has 0 saturated carbocycles. The zero-order valence-electron chi connectivity index (χ0n) is 13.6. The number of carbonyl (C=O) groups excluding carboxylic acids is 1. The summed E-state index contributed by atoms with van der Waals surface area (Å²) in [5.41, 5.74) is 0.641. The number of amides is 1. The molecular weight excluding hydrogens is 324 g/mol. The molecule has 0 aliphatic carbocycles. The monoisotopic (exact) mass is 342 g/mol. The van der Waals surface area contributed by atoms with Crippen LogP contribution in [0.15, 0.2) is 34.9 Å². The van der Waals surface area contributed by atoms with Gasteiger partial charge in [0.25, 0.3) is 11.6 Å². The van der Waals surface area contributed by atoms with Crippen LogP contribution in [0, 0.1) is 16.0 Å². The molecule has 1 aromatic heterocycles. The molecule has 2 bridgehead atoms. The van der Waals surface area contributed by atoms with Crippen LogP contribution in [0.4, 0.5) is 5.69 Å². The fourth-order valence-electron chi connectivity index (χ4n) is 3.67. The number of oxazole rings is 1. The zero-order chi connectivity index (χ0) is 17.4. The number of nitrogens with one attached hydrogen (secondary N) is 1. The largest absolute Gasteiger partial charge is 0.432 e. The third-order valence-corrected chi connectivity index (χ3v) is 4.86. The third kappa shape index (κ3) is 3.25. The SMILES string of the molecule is O=C(N[C@@H]1C[C@@H]2CCN(C2)C1)c1ncc(-c2ccc([N+](=O)[O-])cc2)o1. The van der Waals surface area contributed by atoms with E-state index in [1.165, 1.54) is 24.8 Å². The number of non-ortho nitro benzene ring substituents is 1. The Hall–Kier alpha value is -2.74. The summed E-state index contributed by atoms with van der Waals surface area (Å²) in [5.74, 6) is 0.772. The average Bonchev–Trinajstić information content (AvgIpc) is 3.22. The van der Waals surface area contributed by atoms with Gasteiger partial charge in [-0.25, -0.2) is 4.98 Å². The van der Waals surface area contributed by atoms with Gasteiger partial charge in [0, 0.05) is 36.8 Å². The predicted molar refractivity (Wildman–Crippen MR) is 89.0 cm³/mol. The molecule has 0 spiro atoms. The van der Waals surface area contributed by atoms with E-state index >= 15 is 0 Å². The Balaban J connectivity index is 1.43. The number of rotatable bonds is 4. The highest BCUT2D eigenvalue weighted by atomic mass is 16.6. The van der Waals surface area contributed by atoms with Crippen LogP contribution >= 0.6 is 0 Å². The summed E-state index contributed by atoms with van der Waals surface area (Å²) in [6.45, 7) is 3.12. The molecule has 3 atom stereocenters. The van der Waals surface area contributed by atoms with Crippen LogP contribution in [0.5, 0.6) is 0 Å². The number of nitro groups is 1. The maximum absolute atomic E-state index is 12.4. The molecule has 1 amide bonds. The lowest BCUT2D eigenvalue weighted by molar-refractivity contribution is -0.384. The Labute approximate surface area is 144 Å². The summed E-state index contributed by atoms with van der Waals surface area (Å²) in [4.78, 5) is 29.0. The van der Waals surface area contributed by atoms with Gasteiger partial charge < -0.3 is 14.6 Å². The second kappa shape index (κ2) is 6.29. The number of hydrogen-bond donors (Lipinski definition) is 1. The lowest BCUT2D eigenvalue weighted by Gasteiger charge is -2.30. The Bertz CT molecular complexity index is 789. The van der Waals surface area contributed by atoms with Crippen molar-refractivity contribution in [2.24, 2.45) is 5.92 Å². The highest BCUT2D eigenvalue weighted by Gasteiger charge is 2.33. The predicted octanol–water partition coefficient (Wildman–Crippen LogP) is 2.07. The van der Waals surface area contributed by atoms with E-state index in [-0.39, 0.29) is 23.5 Å². The average molecular weight is 342 g/mol. The first-order chi connectivity index (χ1) is 12.1. The summed E-state index contributed by atoms with van der Waals surface area (Å²) in [6, 6.07) is 6.07. The normalized spacial score (nSPS) is 24.9. The molecule has 2 fully saturated rings. The number of benzene rings is 1. The molecule has 2 aliphatic heterocycles. The minimum Gasteiger partial charge on any atom is -0.432 e. The summed E-state index contributed by atoms with van der Waals surface area (Å²) in [5, 5.41) is 13.7. The molecule has 8 nitrogen and oxygen atoms in total. The molecule has 1 unspecified atom stereocenters. The van der Waals surface area contributed by atoms with Crippen LogP contribution in [0.2, 0.25) is 0 Å². The van der Waals surface area contributed by atoms with Crippen molar-refractivity contribution >= 4 is 11.6 Å². The second-order valence-electron chi connectivity index (χ2n) is 6.65. The Kier molecular flexibility index (Phi) is 3.96. The zero-order valence-corrected chi connectivity index (χ0v) is 13.6. The molecule has 130 valence electrons. The van der Waals surface area contributed by atoms with Crippen molar-refractivity contribution < 1.29 is 14.1 Å². The van der Waals surface area contributed by atoms with Crippen molar-refractivity contribution in [3.63, 3.8) is 0 Å². The van der Waals surface area contributed by atoms with Gasteiger partial charge in [-0.1, -0.05) is 0 Å². The molecule has 4 rings (SSSR count). The number of nitrogens with zero attached hydrogens (tertiary/aromatic N) is 3. The van der Waals surface area contributed by atoms with Gasteiger partial charge in [0.15, 0.2) is 5.76 Å². The molecule has 2 aliphatic rings. The van der Waals surface area contributed by atoms with E-state index in [4.69, 9.17) is 4.42 Å². The second-order valence-corrected chi connectivity index (χ2v) is 6.65. The highest BCUT2D eigenvalue weighted by molar-refractivity contribution is 5.90. The lowest BCUT2D eigenvalue weighted by atomic mass is 9.97. The van der Waals surface area contributed by atoms with E-state index in [1.54, 1.807) is 12.1 Å². The summed E-state index contributed by atoms with van der Waals surface area (Å²) in [7, 11) is 0. The first-order valence-corrected chi connectivity index (χ1v) is 8.32. The van der Waals surface area contributed by atoms with Crippen LogP contribution in [-0.2, 0) is 0 Å². The fraction of sp³-hybridized carbons (Fsp3) is 0.412. The van der Waals surface area contributed by atoms with Crippen molar-refractivity contribution in [1.29, 1.82) is 0 Å². The van der Waals surface area contributed by atoms with Gasteiger partial charge in [-0.3, -0.25) is 14.9 Å². The van der Waals surface area contributed by atoms with Crippen molar-refractivity contribution in [1.82, 2.24) is 15.2 Å². The van der Waals surface area contributed by atoms with Crippen LogP contribution in [0.1, 0.15) is 23.5 Å². The molecule has 25 heavy (non-hydrogen) atoms. The minimum absolute atomic E-state index is 0.00293. The minimum atomic E-state index is -0.462. The van der Waals surface area contributed by atoms with E-state index < -0.39 is 4.92 Å². The van der Waals surface area contributed by atoms with Gasteiger partial charge in [0.2, 0.25) is 0 Å². The molecule has 1 aromatic carbocycles. The van der Waals surface area contributed by atoms with E-state index in [0.717, 1.165) is 26.1 Å². The quantitative estimate of drug-likeness (QED) is 0.674. The maximum atomic E-state index is 12.4. The molecule has 1 N–H and O–H groups in total. The third-order valence-electron chi connectivity index (χ3n) is 4.86. The van der Waals surface area contributed by atoms with Crippen LogP contribution in [0.25, 0.3) is 11.3 Å². The number of carbonyl (C=O) groups is 1. The maximum Gasteiger partial charge on any atom is 0.307 e. The number of aromatic nitrogens is 1. The Morgan fingerprint density at radius 1 is 1.32 bits per heavy atom. The summed E-state index contributed by atoms with van der Waals surface area (Å²) < 4.78 is 5.54. The van der Waals surface area contributed by atoms with E-state index in [9.17, 15) is 14.9 Å². The van der Waals surface area contributed by atoms with Crippen molar-refractivity contribution in [2.75, 3.05) is 19.6 Å². The Morgan fingerprint density at radius 2 is 2.12 bits per heavy atom. The molecule has 3 heterocycles. The fourth-order valence-corrected chi connectivity index (χ4v) is 3.67. The standard InChI is InChI=1S/C17H18N4O4/c22-16(19-13-7-11-5-6-20(9-11)10-13)17-18-8-15(25-17)12-1-3-14(4-2-12)21(23)24/h1-4,8,11,13H,5-7,9-10H2,(H,19,22)/t11-,13+/m0/s1. The number of fused-ring (bicyclic) bond motifs is 2. The van der Waals surface area contributed by atoms with Gasteiger partial charge >= 0.3 is 5.91 Å². The first-order valence-electron chi connectivity index (χ1n) is 8.32. The summed E-state index contributed by atoms with van der Waals surface area (Å²) >= 11 is 0. The van der Waals surface area contributed by atoms with Crippen LogP contribution in [-0.4, -0.2) is 46.4 Å². The highest BCUT2D eigenvalue weighted by Crippen LogP contribution is 2.27. The molecule has 8 heteroatoms. The van der Waals surface area contributed by atoms with Gasteiger partial charge in [0.1, 0.15) is 0 Å². The van der Waals surface area contributed by atoms with E-state index in [0.29, 0.717) is 17.2 Å². The van der Waals surface area contributed by atoms with Crippen LogP contribution < -0.4 is 5.32 Å². The first kappa shape index (κ1) is 15.8. The van der Waals surface area contributed by atoms with Crippen molar-refractivity contribution in [2.45, 2.75) is 18.9 Å². The van der Waals surface area contributed by atoms with Gasteiger partial charge in [0.05, 0.1) is 11.1 Å². The smallest absolute Gasteiger partial charge is 0.307 e. The number of piperidine rings is 1.